The molecule has 1 unspecified atom stereocenters. The van der Waals surface area contributed by atoms with E-state index < -0.39 is 10.8 Å². The third-order valence-corrected chi connectivity index (χ3v) is 5.61. The van der Waals surface area contributed by atoms with Crippen molar-refractivity contribution in [2.45, 2.75) is 17.9 Å². The molecule has 0 saturated heterocycles. The first-order valence-corrected chi connectivity index (χ1v) is 10.5. The summed E-state index contributed by atoms with van der Waals surface area (Å²) in [4.78, 5) is 12.2. The molecule has 0 aliphatic rings. The Kier molecular flexibility index (Phi) is 6.85. The van der Waals surface area contributed by atoms with Crippen LogP contribution in [0.1, 0.15) is 27.4 Å². The predicted octanol–water partition coefficient (Wildman–Crippen LogP) is 4.35. The summed E-state index contributed by atoms with van der Waals surface area (Å²) in [5.41, 5.74) is 2.00. The molecular weight excluding hydrogens is 382 g/mol. The maximum Gasteiger partial charge on any atom is 0.287 e. The van der Waals surface area contributed by atoms with Gasteiger partial charge in [0.05, 0.1) is 11.5 Å². The van der Waals surface area contributed by atoms with Crippen LogP contribution in [0.25, 0.3) is 0 Å². The van der Waals surface area contributed by atoms with E-state index in [0.29, 0.717) is 23.1 Å². The molecule has 27 heavy (non-hydrogen) atoms. The first-order valence-electron chi connectivity index (χ1n) is 8.61. The van der Waals surface area contributed by atoms with Gasteiger partial charge in [-0.05, 0) is 35.7 Å². The molecule has 0 radical (unpaired) electrons. The lowest BCUT2D eigenvalue weighted by Crippen LogP contribution is -2.25. The molecule has 3 rings (SSSR count). The molecule has 0 bridgehead atoms. The second-order valence-corrected chi connectivity index (χ2v) is 7.94. The molecule has 6 heteroatoms. The van der Waals surface area contributed by atoms with Crippen LogP contribution in [0.4, 0.5) is 0 Å². The summed E-state index contributed by atoms with van der Waals surface area (Å²) in [6, 6.07) is 20.6. The number of nitrogens with one attached hydrogen (secondary N) is 1. The second kappa shape index (κ2) is 9.53. The van der Waals surface area contributed by atoms with Gasteiger partial charge in [0.1, 0.15) is 5.76 Å². The zero-order valence-electron chi connectivity index (χ0n) is 14.7. The molecule has 1 aromatic heterocycles. The topological polar surface area (TPSA) is 59.3 Å². The minimum absolute atomic E-state index is 0.229. The molecule has 0 saturated carbocycles. The molecule has 140 valence electrons. The van der Waals surface area contributed by atoms with E-state index in [9.17, 15) is 9.00 Å². The fourth-order valence-corrected chi connectivity index (χ4v) is 4.08. The number of halogens is 1. The van der Waals surface area contributed by atoms with Crippen LogP contribution in [0.2, 0.25) is 5.02 Å². The standard InChI is InChI=1S/C21H20ClNO3S/c22-19-9-5-4-8-17(19)14-27(25)15-18-10-11-20(26-18)21(24)23-13-12-16-6-2-1-3-7-16/h1-11H,12-15H2,(H,23,24). The highest BCUT2D eigenvalue weighted by atomic mass is 35.5. The minimum atomic E-state index is -1.17. The average Bonchev–Trinajstić information content (AvgIpc) is 3.13. The molecule has 0 aliphatic heterocycles. The smallest absolute Gasteiger partial charge is 0.287 e. The van der Waals surface area contributed by atoms with Crippen molar-refractivity contribution >= 4 is 28.3 Å². The molecule has 3 aromatic rings. The Balaban J connectivity index is 1.49. The first kappa shape index (κ1) is 19.4. The van der Waals surface area contributed by atoms with Gasteiger partial charge < -0.3 is 9.73 Å². The van der Waals surface area contributed by atoms with Gasteiger partial charge in [-0.3, -0.25) is 9.00 Å². The average molecular weight is 402 g/mol. The number of carbonyl (C=O) groups excluding carboxylic acids is 1. The molecule has 1 atom stereocenters. The normalized spacial score (nSPS) is 11.9. The number of carbonyl (C=O) groups is 1. The zero-order valence-corrected chi connectivity index (χ0v) is 16.3. The zero-order chi connectivity index (χ0) is 19.1. The van der Waals surface area contributed by atoms with E-state index in [1.54, 1.807) is 18.2 Å². The van der Waals surface area contributed by atoms with E-state index in [0.717, 1.165) is 17.5 Å². The molecule has 0 aliphatic carbocycles. The summed E-state index contributed by atoms with van der Waals surface area (Å²) in [5, 5.41) is 3.44. The quantitative estimate of drug-likeness (QED) is 0.610. The Morgan fingerprint density at radius 2 is 1.70 bits per heavy atom. The molecule has 0 fully saturated rings. The van der Waals surface area contributed by atoms with Crippen molar-refractivity contribution in [3.8, 4) is 0 Å². The Morgan fingerprint density at radius 3 is 2.48 bits per heavy atom. The van der Waals surface area contributed by atoms with Crippen LogP contribution in [0.5, 0.6) is 0 Å². The van der Waals surface area contributed by atoms with Crippen molar-refractivity contribution in [1.82, 2.24) is 5.32 Å². The Bertz CT molecular complexity index is 924. The fourth-order valence-electron chi connectivity index (χ4n) is 2.63. The lowest BCUT2D eigenvalue weighted by atomic mass is 10.1. The number of hydrogen-bond donors (Lipinski definition) is 1. The van der Waals surface area contributed by atoms with Crippen LogP contribution in [0.15, 0.2) is 71.1 Å². The highest BCUT2D eigenvalue weighted by Crippen LogP contribution is 2.18. The van der Waals surface area contributed by atoms with Crippen molar-refractivity contribution in [3.05, 3.63) is 94.4 Å². The predicted molar refractivity (Wildman–Crippen MR) is 108 cm³/mol. The molecule has 1 amide bonds. The van der Waals surface area contributed by atoms with Crippen molar-refractivity contribution < 1.29 is 13.4 Å². The highest BCUT2D eigenvalue weighted by molar-refractivity contribution is 7.83. The van der Waals surface area contributed by atoms with Gasteiger partial charge in [0.25, 0.3) is 5.91 Å². The van der Waals surface area contributed by atoms with Gasteiger partial charge in [-0.1, -0.05) is 60.1 Å². The van der Waals surface area contributed by atoms with Gasteiger partial charge >= 0.3 is 0 Å². The van der Waals surface area contributed by atoms with Crippen LogP contribution in [-0.4, -0.2) is 16.7 Å². The van der Waals surface area contributed by atoms with Crippen LogP contribution in [0.3, 0.4) is 0 Å². The summed E-state index contributed by atoms with van der Waals surface area (Å²) in [6.45, 7) is 0.525. The second-order valence-electron chi connectivity index (χ2n) is 6.08. The van der Waals surface area contributed by atoms with Gasteiger partial charge in [0.15, 0.2) is 5.76 Å². The van der Waals surface area contributed by atoms with Crippen LogP contribution in [0, 0.1) is 0 Å². The number of benzene rings is 2. The molecule has 0 spiro atoms. The van der Waals surface area contributed by atoms with Gasteiger partial charge in [-0.25, -0.2) is 0 Å². The van der Waals surface area contributed by atoms with E-state index >= 15 is 0 Å². The van der Waals surface area contributed by atoms with Crippen molar-refractivity contribution in [2.24, 2.45) is 0 Å². The largest absolute Gasteiger partial charge is 0.455 e. The molecule has 1 N–H and O–H groups in total. The summed E-state index contributed by atoms with van der Waals surface area (Å²) in [6.07, 6.45) is 0.752. The first-order chi connectivity index (χ1) is 13.1. The van der Waals surface area contributed by atoms with Crippen LogP contribution >= 0.6 is 11.6 Å². The van der Waals surface area contributed by atoms with Crippen molar-refractivity contribution in [3.63, 3.8) is 0 Å². The minimum Gasteiger partial charge on any atom is -0.455 e. The van der Waals surface area contributed by atoms with Gasteiger partial charge in [-0.2, -0.15) is 0 Å². The van der Waals surface area contributed by atoms with E-state index in [2.05, 4.69) is 5.32 Å². The molecule has 1 heterocycles. The number of amides is 1. The van der Waals surface area contributed by atoms with Crippen molar-refractivity contribution in [1.29, 1.82) is 0 Å². The highest BCUT2D eigenvalue weighted by Gasteiger charge is 2.13. The molecule has 2 aromatic carbocycles. The summed E-state index contributed by atoms with van der Waals surface area (Å²) < 4.78 is 17.9. The Hall–Kier alpha value is -2.37. The monoisotopic (exact) mass is 401 g/mol. The lowest BCUT2D eigenvalue weighted by molar-refractivity contribution is 0.0925. The van der Waals surface area contributed by atoms with Gasteiger partial charge in [0.2, 0.25) is 0 Å². The van der Waals surface area contributed by atoms with E-state index in [4.69, 9.17) is 16.0 Å². The van der Waals surface area contributed by atoms with E-state index in [1.807, 2.05) is 48.5 Å². The van der Waals surface area contributed by atoms with Gasteiger partial charge in [-0.15, -0.1) is 0 Å². The molecule has 4 nitrogen and oxygen atoms in total. The lowest BCUT2D eigenvalue weighted by Gasteiger charge is -2.04. The Morgan fingerprint density at radius 1 is 0.963 bits per heavy atom. The maximum atomic E-state index is 12.3. The number of hydrogen-bond acceptors (Lipinski definition) is 3. The van der Waals surface area contributed by atoms with E-state index in [-0.39, 0.29) is 17.4 Å². The van der Waals surface area contributed by atoms with Crippen molar-refractivity contribution in [2.75, 3.05) is 6.54 Å². The number of furan rings is 1. The summed E-state index contributed by atoms with van der Waals surface area (Å²) >= 11 is 6.10. The van der Waals surface area contributed by atoms with E-state index in [1.165, 1.54) is 0 Å². The Labute approximate surface area is 166 Å². The summed E-state index contributed by atoms with van der Waals surface area (Å²) in [7, 11) is -1.17. The maximum absolute atomic E-state index is 12.3. The number of rotatable bonds is 8. The fraction of sp³-hybridized carbons (Fsp3) is 0.190. The SMILES string of the molecule is O=C(NCCc1ccccc1)c1ccc(CS(=O)Cc2ccccc2Cl)o1. The molecular formula is C21H20ClNO3S. The third-order valence-electron chi connectivity index (χ3n) is 4.01. The van der Waals surface area contributed by atoms with Crippen LogP contribution in [-0.2, 0) is 28.7 Å². The van der Waals surface area contributed by atoms with Crippen LogP contribution < -0.4 is 5.32 Å². The van der Waals surface area contributed by atoms with Gasteiger partial charge in [0, 0.05) is 22.4 Å². The summed E-state index contributed by atoms with van der Waals surface area (Å²) in [5.74, 6) is 1.07. The third kappa shape index (κ3) is 5.81.